The van der Waals surface area contributed by atoms with E-state index in [0.717, 1.165) is 42.7 Å². The van der Waals surface area contributed by atoms with E-state index in [1.165, 1.54) is 18.0 Å². The lowest BCUT2D eigenvalue weighted by Crippen LogP contribution is -2.40. The van der Waals surface area contributed by atoms with E-state index in [0.29, 0.717) is 22.3 Å². The third kappa shape index (κ3) is 3.91. The van der Waals surface area contributed by atoms with Crippen LogP contribution in [0.5, 0.6) is 5.75 Å². The van der Waals surface area contributed by atoms with Crippen molar-refractivity contribution in [1.82, 2.24) is 4.90 Å². The van der Waals surface area contributed by atoms with Crippen molar-refractivity contribution in [3.8, 4) is 5.75 Å². The Morgan fingerprint density at radius 2 is 2.10 bits per heavy atom. The molecule has 4 rings (SSSR count). The molecule has 1 amide bonds. The summed E-state index contributed by atoms with van der Waals surface area (Å²) < 4.78 is 23.3. The first-order chi connectivity index (χ1) is 13.9. The second-order valence-electron chi connectivity index (χ2n) is 7.72. The smallest absolute Gasteiger partial charge is 0.235 e. The van der Waals surface area contributed by atoms with Gasteiger partial charge in [0.05, 0.1) is 16.0 Å². The molecule has 1 heterocycles. The minimum atomic E-state index is -0.455. The lowest BCUT2D eigenvalue weighted by Gasteiger charge is -2.36. The summed E-state index contributed by atoms with van der Waals surface area (Å²) in [5.74, 6) is 0.303. The third-order valence-corrected chi connectivity index (χ3v) is 6.59. The van der Waals surface area contributed by atoms with Crippen molar-refractivity contribution in [3.05, 3.63) is 46.7 Å². The molecule has 2 N–H and O–H groups in total. The molecule has 8 heteroatoms. The Balaban J connectivity index is 1.61. The van der Waals surface area contributed by atoms with E-state index < -0.39 is 5.41 Å². The number of halogens is 2. The number of rotatable bonds is 7. The van der Waals surface area contributed by atoms with Crippen molar-refractivity contribution in [2.45, 2.75) is 29.6 Å². The predicted octanol–water partition coefficient (Wildman–Crippen LogP) is 4.91. The zero-order valence-electron chi connectivity index (χ0n) is 16.4. The third-order valence-electron chi connectivity index (χ3n) is 5.47. The van der Waals surface area contributed by atoms with Crippen LogP contribution in [-0.4, -0.2) is 38.1 Å². The van der Waals surface area contributed by atoms with Gasteiger partial charge in [0.25, 0.3) is 0 Å². The molecule has 1 aliphatic carbocycles. The fraction of sp³-hybridized carbons (Fsp3) is 0.381. The van der Waals surface area contributed by atoms with Crippen LogP contribution in [0.1, 0.15) is 24.8 Å². The molecule has 1 aliphatic heterocycles. The highest BCUT2D eigenvalue weighted by atomic mass is 35.5. The second-order valence-corrected chi connectivity index (χ2v) is 9.00. The van der Waals surface area contributed by atoms with Gasteiger partial charge in [-0.1, -0.05) is 18.0 Å². The molecule has 29 heavy (non-hydrogen) atoms. The average Bonchev–Trinajstić information content (AvgIpc) is 2.93. The van der Waals surface area contributed by atoms with Gasteiger partial charge in [0, 0.05) is 23.3 Å². The number of likely N-dealkylation sites (N-methyl/N-ethyl adjacent to an activating group) is 1. The SMILES string of the molecule is CN(C)CCOc1cc(NSc2ccc(Cl)cc2F)cc2c1NC(=O)C21CCC1. The Morgan fingerprint density at radius 1 is 1.31 bits per heavy atom. The van der Waals surface area contributed by atoms with Crippen LogP contribution in [0.3, 0.4) is 0 Å². The topological polar surface area (TPSA) is 53.6 Å². The van der Waals surface area contributed by atoms with Gasteiger partial charge in [-0.2, -0.15) is 0 Å². The van der Waals surface area contributed by atoms with Gasteiger partial charge in [-0.25, -0.2) is 4.39 Å². The monoisotopic (exact) mass is 435 g/mol. The molecule has 0 unspecified atom stereocenters. The molecule has 1 spiro atoms. The highest BCUT2D eigenvalue weighted by Crippen LogP contribution is 2.54. The maximum absolute atomic E-state index is 14.1. The number of hydrogen-bond acceptors (Lipinski definition) is 5. The molecular weight excluding hydrogens is 413 g/mol. The number of carbonyl (C=O) groups excluding carboxylic acids is 1. The number of amides is 1. The predicted molar refractivity (Wildman–Crippen MR) is 116 cm³/mol. The maximum Gasteiger partial charge on any atom is 0.235 e. The molecule has 154 valence electrons. The van der Waals surface area contributed by atoms with Gasteiger partial charge >= 0.3 is 0 Å². The van der Waals surface area contributed by atoms with Crippen molar-refractivity contribution >= 4 is 40.8 Å². The van der Waals surface area contributed by atoms with E-state index in [1.54, 1.807) is 12.1 Å². The Hall–Kier alpha value is -1.96. The summed E-state index contributed by atoms with van der Waals surface area (Å²) >= 11 is 6.99. The van der Waals surface area contributed by atoms with Gasteiger partial charge in [0.15, 0.2) is 0 Å². The van der Waals surface area contributed by atoms with E-state index in [-0.39, 0.29) is 11.7 Å². The first kappa shape index (κ1) is 20.3. The van der Waals surface area contributed by atoms with E-state index in [4.69, 9.17) is 16.3 Å². The van der Waals surface area contributed by atoms with Crippen molar-refractivity contribution in [2.24, 2.45) is 0 Å². The van der Waals surface area contributed by atoms with Crippen LogP contribution < -0.4 is 14.8 Å². The molecular formula is C21H23ClFN3O2S. The molecule has 5 nitrogen and oxygen atoms in total. The standard InChI is InChI=1S/C21H23ClFN3O2S/c1-26(2)8-9-28-17-12-14(25-29-18-5-4-13(22)10-16(18)23)11-15-19(17)24-20(27)21(15)6-3-7-21/h4-5,10-12,25H,3,6-9H2,1-2H3,(H,24,27). The summed E-state index contributed by atoms with van der Waals surface area (Å²) in [6.45, 7) is 1.26. The van der Waals surface area contributed by atoms with E-state index in [2.05, 4.69) is 10.0 Å². The summed E-state index contributed by atoms with van der Waals surface area (Å²) in [6, 6.07) is 8.41. The van der Waals surface area contributed by atoms with Crippen LogP contribution in [0, 0.1) is 5.82 Å². The summed E-state index contributed by atoms with van der Waals surface area (Å²) in [4.78, 5) is 15.2. The minimum Gasteiger partial charge on any atom is -0.490 e. The fourth-order valence-electron chi connectivity index (χ4n) is 3.69. The molecule has 0 bridgehead atoms. The molecule has 0 radical (unpaired) electrons. The Bertz CT molecular complexity index is 950. The minimum absolute atomic E-state index is 0.0461. The number of nitrogens with zero attached hydrogens (tertiary/aromatic N) is 1. The van der Waals surface area contributed by atoms with Crippen LogP contribution in [0.15, 0.2) is 35.2 Å². The Morgan fingerprint density at radius 3 is 2.76 bits per heavy atom. The summed E-state index contributed by atoms with van der Waals surface area (Å²) in [6.07, 6.45) is 2.71. The Kier molecular flexibility index (Phi) is 5.64. The quantitative estimate of drug-likeness (QED) is 0.605. The maximum atomic E-state index is 14.1. The number of nitrogens with one attached hydrogen (secondary N) is 2. The van der Waals surface area contributed by atoms with Gasteiger partial charge in [-0.05, 0) is 68.7 Å². The summed E-state index contributed by atoms with van der Waals surface area (Å²) in [5, 5.41) is 3.39. The van der Waals surface area contributed by atoms with Crippen molar-refractivity contribution < 1.29 is 13.9 Å². The van der Waals surface area contributed by atoms with Gasteiger partial charge in [0.2, 0.25) is 5.91 Å². The van der Waals surface area contributed by atoms with Gasteiger partial charge in [0.1, 0.15) is 18.2 Å². The largest absolute Gasteiger partial charge is 0.490 e. The number of anilines is 2. The molecule has 2 aliphatic rings. The van der Waals surface area contributed by atoms with Gasteiger partial charge < -0.3 is 19.7 Å². The number of benzene rings is 2. The number of fused-ring (bicyclic) bond motifs is 2. The number of carbonyl (C=O) groups is 1. The van der Waals surface area contributed by atoms with E-state index in [1.807, 2.05) is 31.1 Å². The molecule has 1 saturated carbocycles. The zero-order chi connectivity index (χ0) is 20.6. The van der Waals surface area contributed by atoms with Crippen LogP contribution in [-0.2, 0) is 10.2 Å². The molecule has 0 aromatic heterocycles. The first-order valence-corrected chi connectivity index (χ1v) is 10.7. The van der Waals surface area contributed by atoms with Crippen molar-refractivity contribution in [1.29, 1.82) is 0 Å². The molecule has 0 atom stereocenters. The molecule has 2 aromatic carbocycles. The van der Waals surface area contributed by atoms with Gasteiger partial charge in [-0.15, -0.1) is 0 Å². The van der Waals surface area contributed by atoms with Crippen LogP contribution in [0.25, 0.3) is 0 Å². The second kappa shape index (κ2) is 8.05. The van der Waals surface area contributed by atoms with Gasteiger partial charge in [-0.3, -0.25) is 4.79 Å². The lowest BCUT2D eigenvalue weighted by atomic mass is 9.65. The molecule has 0 saturated heterocycles. The zero-order valence-corrected chi connectivity index (χ0v) is 17.9. The molecule has 1 fully saturated rings. The summed E-state index contributed by atoms with van der Waals surface area (Å²) in [7, 11) is 3.96. The van der Waals surface area contributed by atoms with Crippen molar-refractivity contribution in [2.75, 3.05) is 37.3 Å². The average molecular weight is 436 g/mol. The van der Waals surface area contributed by atoms with E-state index in [9.17, 15) is 9.18 Å². The van der Waals surface area contributed by atoms with Crippen molar-refractivity contribution in [3.63, 3.8) is 0 Å². The lowest BCUT2D eigenvalue weighted by molar-refractivity contribution is -0.123. The number of ether oxygens (including phenoxy) is 1. The van der Waals surface area contributed by atoms with Crippen LogP contribution in [0.4, 0.5) is 15.8 Å². The Labute approximate surface area is 179 Å². The normalized spacial score (nSPS) is 16.5. The van der Waals surface area contributed by atoms with Crippen LogP contribution in [0.2, 0.25) is 5.02 Å². The number of hydrogen-bond donors (Lipinski definition) is 2. The highest BCUT2D eigenvalue weighted by molar-refractivity contribution is 8.00. The highest BCUT2D eigenvalue weighted by Gasteiger charge is 2.52. The van der Waals surface area contributed by atoms with E-state index >= 15 is 0 Å². The first-order valence-electron chi connectivity index (χ1n) is 9.54. The molecule has 2 aromatic rings. The fourth-order valence-corrected chi connectivity index (χ4v) is 4.48. The van der Waals surface area contributed by atoms with Crippen LogP contribution >= 0.6 is 23.5 Å². The summed E-state index contributed by atoms with van der Waals surface area (Å²) in [5.41, 5.74) is 2.05.